The maximum absolute atomic E-state index is 14.1. The van der Waals surface area contributed by atoms with E-state index < -0.39 is 0 Å². The molecule has 0 bridgehead atoms. The van der Waals surface area contributed by atoms with Gasteiger partial charge in [0.2, 0.25) is 0 Å². The molecule has 1 atom stereocenters. The molecule has 4 heteroatoms. The number of ether oxygens (including phenoxy) is 1. The quantitative estimate of drug-likeness (QED) is 0.803. The Morgan fingerprint density at radius 1 is 1.24 bits per heavy atom. The summed E-state index contributed by atoms with van der Waals surface area (Å²) in [5.74, 6) is 0.295. The summed E-state index contributed by atoms with van der Waals surface area (Å²) in [4.78, 5) is 0. The van der Waals surface area contributed by atoms with Crippen molar-refractivity contribution in [1.82, 2.24) is 5.32 Å². The molecule has 0 aliphatic carbocycles. The van der Waals surface area contributed by atoms with Crippen LogP contribution >= 0.6 is 15.9 Å². The molecule has 0 aromatic heterocycles. The molecule has 0 fully saturated rings. The summed E-state index contributed by atoms with van der Waals surface area (Å²) in [6.45, 7) is 5.16. The molecule has 0 amide bonds. The van der Waals surface area contributed by atoms with Gasteiger partial charge in [-0.15, -0.1) is 0 Å². The van der Waals surface area contributed by atoms with Gasteiger partial charge in [0.05, 0.1) is 0 Å². The van der Waals surface area contributed by atoms with Crippen LogP contribution in [0.25, 0.3) is 0 Å². The van der Waals surface area contributed by atoms with Gasteiger partial charge in [-0.3, -0.25) is 0 Å². The van der Waals surface area contributed by atoms with Crippen LogP contribution in [0.1, 0.15) is 31.0 Å². The van der Waals surface area contributed by atoms with Crippen molar-refractivity contribution in [3.63, 3.8) is 0 Å². The Labute approximate surface area is 133 Å². The lowest BCUT2D eigenvalue weighted by molar-refractivity contribution is 0.303. The van der Waals surface area contributed by atoms with Crippen LogP contribution in [0.3, 0.4) is 0 Å². The van der Waals surface area contributed by atoms with Crippen molar-refractivity contribution in [2.75, 3.05) is 6.54 Å². The van der Waals surface area contributed by atoms with Crippen LogP contribution in [0.15, 0.2) is 46.9 Å². The lowest BCUT2D eigenvalue weighted by Crippen LogP contribution is -2.18. The second-order valence-electron chi connectivity index (χ2n) is 4.84. The number of benzene rings is 2. The van der Waals surface area contributed by atoms with Crippen LogP contribution in [0.5, 0.6) is 5.75 Å². The Bertz CT molecular complexity index is 603. The molecule has 2 aromatic rings. The molecule has 0 saturated heterocycles. The Balaban J connectivity index is 2.05. The summed E-state index contributed by atoms with van der Waals surface area (Å²) < 4.78 is 20.7. The van der Waals surface area contributed by atoms with Gasteiger partial charge in [-0.25, -0.2) is 4.39 Å². The minimum atomic E-state index is -0.243. The fourth-order valence-corrected chi connectivity index (χ4v) is 2.54. The van der Waals surface area contributed by atoms with Crippen molar-refractivity contribution in [3.05, 3.63) is 63.9 Å². The molecular weight excluding hydrogens is 333 g/mol. The first-order valence-corrected chi connectivity index (χ1v) is 7.80. The highest BCUT2D eigenvalue weighted by atomic mass is 79.9. The van der Waals surface area contributed by atoms with E-state index in [1.54, 1.807) is 6.07 Å². The average molecular weight is 352 g/mol. The Kier molecular flexibility index (Phi) is 5.76. The van der Waals surface area contributed by atoms with E-state index >= 15 is 0 Å². The predicted molar refractivity (Wildman–Crippen MR) is 87.0 cm³/mol. The zero-order valence-corrected chi connectivity index (χ0v) is 13.8. The number of halogens is 2. The van der Waals surface area contributed by atoms with Crippen LogP contribution in [-0.4, -0.2) is 6.54 Å². The van der Waals surface area contributed by atoms with Gasteiger partial charge in [0, 0.05) is 27.7 Å². The van der Waals surface area contributed by atoms with E-state index in [0.717, 1.165) is 16.6 Å². The van der Waals surface area contributed by atoms with Gasteiger partial charge in [0.25, 0.3) is 0 Å². The summed E-state index contributed by atoms with van der Waals surface area (Å²) >= 11 is 3.47. The van der Waals surface area contributed by atoms with Gasteiger partial charge in [-0.05, 0) is 25.6 Å². The molecule has 0 aliphatic heterocycles. The fourth-order valence-electron chi connectivity index (χ4n) is 2.14. The largest absolute Gasteiger partial charge is 0.489 e. The minimum absolute atomic E-state index is 0.00711. The molecule has 1 N–H and O–H groups in total. The third kappa shape index (κ3) is 4.29. The van der Waals surface area contributed by atoms with Gasteiger partial charge in [0.1, 0.15) is 18.2 Å². The highest BCUT2D eigenvalue weighted by molar-refractivity contribution is 9.10. The Morgan fingerprint density at radius 2 is 2.00 bits per heavy atom. The van der Waals surface area contributed by atoms with Gasteiger partial charge in [0.15, 0.2) is 0 Å². The van der Waals surface area contributed by atoms with E-state index in [-0.39, 0.29) is 11.9 Å². The fraction of sp³-hybridized carbons (Fsp3) is 0.294. The van der Waals surface area contributed by atoms with Crippen molar-refractivity contribution >= 4 is 15.9 Å². The first kappa shape index (κ1) is 16.0. The zero-order valence-electron chi connectivity index (χ0n) is 12.2. The van der Waals surface area contributed by atoms with Crippen molar-refractivity contribution in [3.8, 4) is 5.75 Å². The molecule has 21 heavy (non-hydrogen) atoms. The summed E-state index contributed by atoms with van der Waals surface area (Å²) in [6, 6.07) is 12.9. The van der Waals surface area contributed by atoms with Crippen LogP contribution in [0.4, 0.5) is 4.39 Å². The van der Waals surface area contributed by atoms with Gasteiger partial charge >= 0.3 is 0 Å². The maximum Gasteiger partial charge on any atom is 0.131 e. The summed E-state index contributed by atoms with van der Waals surface area (Å²) in [6.07, 6.45) is 0. The molecule has 1 unspecified atom stereocenters. The molecule has 0 heterocycles. The van der Waals surface area contributed by atoms with Gasteiger partial charge in [-0.1, -0.05) is 47.1 Å². The van der Waals surface area contributed by atoms with E-state index in [2.05, 4.69) is 21.2 Å². The lowest BCUT2D eigenvalue weighted by atomic mass is 10.1. The van der Waals surface area contributed by atoms with Gasteiger partial charge in [-0.2, -0.15) is 0 Å². The molecule has 2 rings (SSSR count). The Hall–Kier alpha value is -1.39. The third-order valence-electron chi connectivity index (χ3n) is 3.30. The number of nitrogens with one attached hydrogen (secondary N) is 1. The van der Waals surface area contributed by atoms with E-state index in [1.807, 2.05) is 44.2 Å². The maximum atomic E-state index is 14.1. The molecular formula is C17H19BrFNO. The van der Waals surface area contributed by atoms with Crippen LogP contribution in [-0.2, 0) is 6.61 Å². The second kappa shape index (κ2) is 7.57. The molecule has 0 spiro atoms. The average Bonchev–Trinajstić information content (AvgIpc) is 2.46. The highest BCUT2D eigenvalue weighted by Crippen LogP contribution is 2.23. The molecule has 0 aliphatic rings. The smallest absolute Gasteiger partial charge is 0.131 e. The number of hydrogen-bond acceptors (Lipinski definition) is 2. The first-order chi connectivity index (χ1) is 10.1. The second-order valence-corrected chi connectivity index (χ2v) is 5.70. The standard InChI is InChI=1S/C17H19BrFNO/c1-3-20-12(2)15-9-8-14(10-17(15)19)21-11-13-6-4-5-7-16(13)18/h4-10,12,20H,3,11H2,1-2H3. The summed E-state index contributed by atoms with van der Waals surface area (Å²) in [5, 5.41) is 3.20. The summed E-state index contributed by atoms with van der Waals surface area (Å²) in [7, 11) is 0. The molecule has 0 saturated carbocycles. The van der Waals surface area contributed by atoms with Crippen molar-refractivity contribution in [2.45, 2.75) is 26.5 Å². The molecule has 2 aromatic carbocycles. The van der Waals surface area contributed by atoms with E-state index in [0.29, 0.717) is 17.9 Å². The van der Waals surface area contributed by atoms with Crippen molar-refractivity contribution < 1.29 is 9.13 Å². The Morgan fingerprint density at radius 3 is 2.67 bits per heavy atom. The van der Waals surface area contributed by atoms with E-state index in [1.165, 1.54) is 6.07 Å². The van der Waals surface area contributed by atoms with Gasteiger partial charge < -0.3 is 10.1 Å². The van der Waals surface area contributed by atoms with E-state index in [9.17, 15) is 4.39 Å². The van der Waals surface area contributed by atoms with E-state index in [4.69, 9.17) is 4.74 Å². The molecule has 112 valence electrons. The highest BCUT2D eigenvalue weighted by Gasteiger charge is 2.11. The topological polar surface area (TPSA) is 21.3 Å². The third-order valence-corrected chi connectivity index (χ3v) is 4.07. The first-order valence-electron chi connectivity index (χ1n) is 7.01. The zero-order chi connectivity index (χ0) is 15.2. The lowest BCUT2D eigenvalue weighted by Gasteiger charge is -2.15. The van der Waals surface area contributed by atoms with Crippen LogP contribution < -0.4 is 10.1 Å². The van der Waals surface area contributed by atoms with Crippen LogP contribution in [0, 0.1) is 5.82 Å². The van der Waals surface area contributed by atoms with Crippen LogP contribution in [0.2, 0.25) is 0 Å². The SMILES string of the molecule is CCNC(C)c1ccc(OCc2ccccc2Br)cc1F. The molecule has 2 nitrogen and oxygen atoms in total. The van der Waals surface area contributed by atoms with Crippen molar-refractivity contribution in [2.24, 2.45) is 0 Å². The summed E-state index contributed by atoms with van der Waals surface area (Å²) in [5.41, 5.74) is 1.69. The monoisotopic (exact) mass is 351 g/mol. The molecule has 0 radical (unpaired) electrons. The number of rotatable bonds is 6. The van der Waals surface area contributed by atoms with Crippen molar-refractivity contribution in [1.29, 1.82) is 0 Å². The number of hydrogen-bond donors (Lipinski definition) is 1. The normalized spacial score (nSPS) is 12.2. The minimum Gasteiger partial charge on any atom is -0.489 e. The predicted octanol–water partition coefficient (Wildman–Crippen LogP) is 4.84.